The van der Waals surface area contributed by atoms with Gasteiger partial charge in [-0.15, -0.1) is 0 Å². The van der Waals surface area contributed by atoms with Gasteiger partial charge in [0.1, 0.15) is 5.78 Å². The Hall–Kier alpha value is -2.14. The van der Waals surface area contributed by atoms with Crippen LogP contribution in [0, 0.1) is 59.2 Å². The van der Waals surface area contributed by atoms with Crippen LogP contribution >= 0.6 is 0 Å². The van der Waals surface area contributed by atoms with Gasteiger partial charge in [0.15, 0.2) is 17.3 Å². The fraction of sp³-hybridized carbons (Fsp3) is 0.846. The molecule has 0 aromatic carbocycles. The zero-order chi connectivity index (χ0) is 52.4. The van der Waals surface area contributed by atoms with Crippen LogP contribution in [-0.4, -0.2) is 34.3 Å². The third kappa shape index (κ3) is 32.8. The number of hydrogen-bond acceptors (Lipinski definition) is 5. The van der Waals surface area contributed by atoms with Crippen LogP contribution in [-0.2, 0) is 19.2 Å². The molecular weight excluding hydrogens is 861 g/mol. The smallest absolute Gasteiger partial charge is 0.155 e. The van der Waals surface area contributed by atoms with Crippen molar-refractivity contribution in [2.24, 2.45) is 59.2 Å². The molecule has 5 aliphatic rings. The van der Waals surface area contributed by atoms with E-state index in [0.29, 0.717) is 58.6 Å². The molecule has 0 heterocycles. The molecule has 0 aromatic rings. The first kappa shape index (κ1) is 65.9. The predicted molar refractivity (Wildman–Crippen MR) is 302 cm³/mol. The Morgan fingerprint density at radius 2 is 0.914 bits per heavy atom. The first-order valence-electron chi connectivity index (χ1n) is 30.1. The molecule has 0 radical (unpaired) electrons. The van der Waals surface area contributed by atoms with Gasteiger partial charge in [-0.05, 0) is 169 Å². The van der Waals surface area contributed by atoms with Crippen molar-refractivity contribution in [2.45, 2.75) is 295 Å². The molecule has 5 aliphatic carbocycles. The van der Waals surface area contributed by atoms with Gasteiger partial charge in [-0.2, -0.15) is 0 Å². The van der Waals surface area contributed by atoms with E-state index in [9.17, 15) is 24.3 Å². The van der Waals surface area contributed by atoms with Crippen LogP contribution in [0.2, 0.25) is 0 Å². The second-order valence-corrected chi connectivity index (χ2v) is 24.7. The molecule has 5 heteroatoms. The Balaban J connectivity index is 0.000000442. The van der Waals surface area contributed by atoms with Crippen molar-refractivity contribution in [1.82, 2.24) is 0 Å². The lowest BCUT2D eigenvalue weighted by Crippen LogP contribution is -2.14. The van der Waals surface area contributed by atoms with E-state index in [1.54, 1.807) is 6.08 Å². The number of ketones is 4. The highest BCUT2D eigenvalue weighted by Gasteiger charge is 2.26. The lowest BCUT2D eigenvalue weighted by molar-refractivity contribution is -0.121. The van der Waals surface area contributed by atoms with Crippen LogP contribution < -0.4 is 0 Å². The number of aliphatic hydroxyl groups is 1. The van der Waals surface area contributed by atoms with Gasteiger partial charge in [-0.3, -0.25) is 19.2 Å². The Morgan fingerprint density at radius 3 is 1.29 bits per heavy atom. The predicted octanol–water partition coefficient (Wildman–Crippen LogP) is 18.9. The monoisotopic (exact) mass is 977 g/mol. The Kier molecular flexibility index (Phi) is 37.0. The summed E-state index contributed by atoms with van der Waals surface area (Å²) >= 11 is 0. The molecule has 70 heavy (non-hydrogen) atoms. The van der Waals surface area contributed by atoms with Crippen molar-refractivity contribution in [2.75, 3.05) is 0 Å². The third-order valence-electron chi connectivity index (χ3n) is 16.5. The molecule has 5 rings (SSSR count). The van der Waals surface area contributed by atoms with Gasteiger partial charge < -0.3 is 5.11 Å². The number of unbranched alkanes of at least 4 members (excludes halogenated alkanes) is 2. The highest BCUT2D eigenvalue weighted by molar-refractivity contribution is 5.92. The van der Waals surface area contributed by atoms with Crippen LogP contribution in [0.25, 0.3) is 0 Å². The fourth-order valence-electron chi connectivity index (χ4n) is 11.7. The van der Waals surface area contributed by atoms with E-state index in [2.05, 4.69) is 90.0 Å². The van der Waals surface area contributed by atoms with Gasteiger partial charge in [0.2, 0.25) is 0 Å². The summed E-state index contributed by atoms with van der Waals surface area (Å²) < 4.78 is 0. The topological polar surface area (TPSA) is 88.5 Å². The number of carbonyl (C=O) groups excluding carboxylic acids is 4. The van der Waals surface area contributed by atoms with E-state index < -0.39 is 0 Å². The molecule has 2 saturated carbocycles. The minimum absolute atomic E-state index is 0.0160. The summed E-state index contributed by atoms with van der Waals surface area (Å²) in [5, 5.41) is 9.78. The largest absolute Gasteiger partial charge is 0.393 e. The Bertz CT molecular complexity index is 1470. The molecule has 0 aliphatic heterocycles. The number of rotatable bonds is 24. The molecule has 0 aromatic heterocycles. The van der Waals surface area contributed by atoms with Gasteiger partial charge in [0, 0.05) is 31.6 Å². The van der Waals surface area contributed by atoms with Crippen molar-refractivity contribution < 1.29 is 24.3 Å². The summed E-state index contributed by atoms with van der Waals surface area (Å²) in [5.74, 6) is 8.64. The van der Waals surface area contributed by atoms with Crippen LogP contribution in [0.15, 0.2) is 34.9 Å². The molecule has 0 spiro atoms. The molecule has 406 valence electrons. The molecule has 5 nitrogen and oxygen atoms in total. The normalized spacial score (nSPS) is 25.1. The summed E-state index contributed by atoms with van der Waals surface area (Å²) in [5.41, 5.74) is 3.80. The first-order valence-corrected chi connectivity index (χ1v) is 30.1. The van der Waals surface area contributed by atoms with E-state index in [4.69, 9.17) is 0 Å². The molecule has 0 amide bonds. The lowest BCUT2D eigenvalue weighted by Gasteiger charge is -2.21. The van der Waals surface area contributed by atoms with Crippen LogP contribution in [0.3, 0.4) is 0 Å². The van der Waals surface area contributed by atoms with Gasteiger partial charge in [-0.1, -0.05) is 182 Å². The molecular formula is C65H116O5. The molecule has 1 N–H and O–H groups in total. The van der Waals surface area contributed by atoms with Gasteiger partial charge in [0.25, 0.3) is 0 Å². The molecule has 2 fully saturated rings. The summed E-state index contributed by atoms with van der Waals surface area (Å²) in [6, 6.07) is 0. The maximum Gasteiger partial charge on any atom is 0.155 e. The molecule has 10 unspecified atom stereocenters. The number of aliphatic hydroxyl groups excluding tert-OH is 1. The average Bonchev–Trinajstić information content (AvgIpc) is 3.91. The Morgan fingerprint density at radius 1 is 0.486 bits per heavy atom. The van der Waals surface area contributed by atoms with Crippen LogP contribution in [0.5, 0.6) is 0 Å². The second-order valence-electron chi connectivity index (χ2n) is 24.7. The Labute approximate surface area is 434 Å². The average molecular weight is 978 g/mol. The zero-order valence-corrected chi connectivity index (χ0v) is 48.6. The van der Waals surface area contributed by atoms with Crippen molar-refractivity contribution in [1.29, 1.82) is 0 Å². The number of carbonyl (C=O) groups is 4. The van der Waals surface area contributed by atoms with Crippen molar-refractivity contribution in [3.63, 3.8) is 0 Å². The molecule has 0 bridgehead atoms. The van der Waals surface area contributed by atoms with Crippen molar-refractivity contribution >= 4 is 23.1 Å². The number of allylic oxidation sites excluding steroid dienone is 6. The molecule has 10 atom stereocenters. The summed E-state index contributed by atoms with van der Waals surface area (Å²) in [6.45, 7) is 29.1. The maximum absolute atomic E-state index is 11.5. The van der Waals surface area contributed by atoms with Gasteiger partial charge >= 0.3 is 0 Å². The van der Waals surface area contributed by atoms with Crippen molar-refractivity contribution in [3.8, 4) is 0 Å². The van der Waals surface area contributed by atoms with E-state index in [-0.39, 0.29) is 6.10 Å². The van der Waals surface area contributed by atoms with E-state index in [0.717, 1.165) is 87.9 Å². The SMILES string of the molecule is CC1=CC(=O)CC(CC(C)C)C1.CCC(C)CCCC(C)CCC1CCCC1=O.CCC(C)CCCC(C)CCC1CCCC1O.CCCCC1CC(=O)C=C(C)C1.CCCCC1CC(=O)C=C(C)C1. The second kappa shape index (κ2) is 39.3. The van der Waals surface area contributed by atoms with Crippen LogP contribution in [0.4, 0.5) is 0 Å². The number of hydrogen-bond donors (Lipinski definition) is 1. The highest BCUT2D eigenvalue weighted by atomic mass is 16.3. The maximum atomic E-state index is 11.5. The number of Topliss-reactive ketones (excluding diaryl/α,β-unsaturated/α-hetero) is 1. The van der Waals surface area contributed by atoms with E-state index in [1.165, 1.54) is 152 Å². The first-order chi connectivity index (χ1) is 33.3. The minimum atomic E-state index is 0.0160. The summed E-state index contributed by atoms with van der Waals surface area (Å²) in [7, 11) is 0. The summed E-state index contributed by atoms with van der Waals surface area (Å²) in [6.07, 6.45) is 42.5. The third-order valence-corrected chi connectivity index (χ3v) is 16.5. The van der Waals surface area contributed by atoms with Crippen molar-refractivity contribution in [3.05, 3.63) is 34.9 Å². The fourth-order valence-corrected chi connectivity index (χ4v) is 11.7. The quantitative estimate of drug-likeness (QED) is 0.104. The van der Waals surface area contributed by atoms with Gasteiger partial charge in [0.05, 0.1) is 6.10 Å². The highest BCUT2D eigenvalue weighted by Crippen LogP contribution is 2.33. The standard InChI is InChI=1S/C16H32O.C16H30O.3C11H18O/c2*1-4-13(2)7-5-8-14(3)11-12-15-9-6-10-16(15)17;1-8(2)4-10-5-9(3)6-11(12)7-10;2*1-3-4-5-10-6-9(2)7-11(12)8-10/h13-17H,4-12H2,1-3H3;13-15H,4-12H2,1-3H3;6,8,10H,4-5,7H2,1-3H3;2*7,10H,3-6,8H2,1-2H3. The van der Waals surface area contributed by atoms with E-state index >= 15 is 0 Å². The van der Waals surface area contributed by atoms with E-state index in [1.807, 2.05) is 12.2 Å². The van der Waals surface area contributed by atoms with Gasteiger partial charge in [-0.25, -0.2) is 0 Å². The summed E-state index contributed by atoms with van der Waals surface area (Å²) in [4.78, 5) is 45.1. The minimum Gasteiger partial charge on any atom is -0.393 e. The molecule has 0 saturated heterocycles. The zero-order valence-electron chi connectivity index (χ0n) is 48.6. The van der Waals surface area contributed by atoms with Crippen LogP contribution in [0.1, 0.15) is 289 Å². The lowest BCUT2D eigenvalue weighted by atomic mass is 9.83.